The number of hydrogen-bond acceptors (Lipinski definition) is 4. The van der Waals surface area contributed by atoms with Crippen molar-refractivity contribution in [2.75, 3.05) is 23.7 Å². The van der Waals surface area contributed by atoms with Crippen LogP contribution in [0.2, 0.25) is 0 Å². The lowest BCUT2D eigenvalue weighted by Gasteiger charge is -2.31. The topological polar surface area (TPSA) is 86.8 Å². The number of nitrogens with one attached hydrogen (secondary N) is 1. The van der Waals surface area contributed by atoms with Crippen LogP contribution < -0.4 is 9.62 Å². The van der Waals surface area contributed by atoms with Gasteiger partial charge in [0.15, 0.2) is 0 Å². The molecule has 0 aliphatic carbocycles. The van der Waals surface area contributed by atoms with Gasteiger partial charge in [-0.2, -0.15) is 0 Å². The number of anilines is 1. The highest BCUT2D eigenvalue weighted by atomic mass is 32.2. The van der Waals surface area contributed by atoms with E-state index in [-0.39, 0.29) is 19.0 Å². The molecule has 2 aromatic rings. The second kappa shape index (κ2) is 11.1. The number of likely N-dealkylation sites (N-methyl/N-ethyl adjacent to an activating group) is 1. The van der Waals surface area contributed by atoms with E-state index in [0.29, 0.717) is 12.2 Å². The minimum Gasteiger partial charge on any atom is -0.355 e. The first kappa shape index (κ1) is 25.4. The number of benzene rings is 2. The SMILES string of the molecule is CCNC(=O)C(C)N(Cc1ccc(C)cc1)C(=O)CN(c1ccc(CC)cc1)S(C)(=O)=O. The average Bonchev–Trinajstić information content (AvgIpc) is 2.76. The fraction of sp³-hybridized carbons (Fsp3) is 0.417. The lowest BCUT2D eigenvalue weighted by molar-refractivity contribution is -0.139. The van der Waals surface area contributed by atoms with Crippen molar-refractivity contribution in [2.45, 2.75) is 46.7 Å². The lowest BCUT2D eigenvalue weighted by atomic mass is 10.1. The summed E-state index contributed by atoms with van der Waals surface area (Å²) in [6, 6.07) is 14.0. The Balaban J connectivity index is 2.35. The number of aryl methyl sites for hydroxylation is 2. The van der Waals surface area contributed by atoms with Gasteiger partial charge in [0.1, 0.15) is 12.6 Å². The third-order valence-corrected chi connectivity index (χ3v) is 6.44. The number of nitrogens with zero attached hydrogens (tertiary/aromatic N) is 2. The van der Waals surface area contributed by atoms with Gasteiger partial charge < -0.3 is 10.2 Å². The molecule has 0 saturated heterocycles. The molecule has 8 heteroatoms. The third kappa shape index (κ3) is 6.82. The first-order chi connectivity index (χ1) is 15.1. The third-order valence-electron chi connectivity index (χ3n) is 5.30. The number of amides is 2. The number of rotatable bonds is 10. The Morgan fingerprint density at radius 1 is 0.969 bits per heavy atom. The molecular formula is C24H33N3O4S. The molecule has 2 rings (SSSR count). The molecule has 1 N–H and O–H groups in total. The monoisotopic (exact) mass is 459 g/mol. The van der Waals surface area contributed by atoms with Crippen LogP contribution in [-0.2, 0) is 32.6 Å². The van der Waals surface area contributed by atoms with E-state index in [0.717, 1.165) is 33.7 Å². The van der Waals surface area contributed by atoms with Gasteiger partial charge in [-0.3, -0.25) is 13.9 Å². The van der Waals surface area contributed by atoms with Crippen LogP contribution in [0.1, 0.15) is 37.5 Å². The largest absolute Gasteiger partial charge is 0.355 e. The van der Waals surface area contributed by atoms with E-state index in [1.807, 2.05) is 57.2 Å². The molecule has 0 spiro atoms. The van der Waals surface area contributed by atoms with Crippen molar-refractivity contribution < 1.29 is 18.0 Å². The fourth-order valence-corrected chi connectivity index (χ4v) is 4.16. The van der Waals surface area contributed by atoms with E-state index >= 15 is 0 Å². The standard InChI is InChI=1S/C24H33N3O4S/c1-6-20-12-14-22(15-13-20)27(32(5,30)31)17-23(28)26(19(4)24(29)25-7-2)16-21-10-8-18(3)9-11-21/h8-15,19H,6-7,16-17H2,1-5H3,(H,25,29). The summed E-state index contributed by atoms with van der Waals surface area (Å²) in [6.45, 7) is 7.69. The highest BCUT2D eigenvalue weighted by Gasteiger charge is 2.29. The molecule has 0 aliphatic rings. The Bertz CT molecular complexity index is 1020. The van der Waals surface area contributed by atoms with Gasteiger partial charge >= 0.3 is 0 Å². The van der Waals surface area contributed by atoms with Gasteiger partial charge in [0.05, 0.1) is 11.9 Å². The van der Waals surface area contributed by atoms with Gasteiger partial charge in [0, 0.05) is 13.1 Å². The van der Waals surface area contributed by atoms with Crippen molar-refractivity contribution in [1.29, 1.82) is 0 Å². The molecular weight excluding hydrogens is 426 g/mol. The molecule has 174 valence electrons. The quantitative estimate of drug-likeness (QED) is 0.592. The maximum absolute atomic E-state index is 13.4. The van der Waals surface area contributed by atoms with Gasteiger partial charge in [-0.05, 0) is 50.5 Å². The maximum Gasteiger partial charge on any atom is 0.244 e. The van der Waals surface area contributed by atoms with Gasteiger partial charge in [-0.1, -0.05) is 48.9 Å². The zero-order valence-electron chi connectivity index (χ0n) is 19.5. The predicted octanol–water partition coefficient (Wildman–Crippen LogP) is 2.88. The van der Waals surface area contributed by atoms with E-state index in [1.165, 1.54) is 4.90 Å². The summed E-state index contributed by atoms with van der Waals surface area (Å²) < 4.78 is 26.1. The molecule has 0 heterocycles. The first-order valence-electron chi connectivity index (χ1n) is 10.8. The van der Waals surface area contributed by atoms with E-state index in [1.54, 1.807) is 19.1 Å². The molecule has 0 bridgehead atoms. The normalized spacial score (nSPS) is 12.2. The van der Waals surface area contributed by atoms with Gasteiger partial charge in [0.2, 0.25) is 21.8 Å². The second-order valence-corrected chi connectivity index (χ2v) is 9.77. The van der Waals surface area contributed by atoms with Crippen molar-refractivity contribution in [3.63, 3.8) is 0 Å². The Hall–Kier alpha value is -2.87. The lowest BCUT2D eigenvalue weighted by Crippen LogP contribution is -2.51. The summed E-state index contributed by atoms with van der Waals surface area (Å²) in [5.41, 5.74) is 3.43. The number of sulfonamides is 1. The minimum absolute atomic E-state index is 0.198. The smallest absolute Gasteiger partial charge is 0.244 e. The molecule has 0 aromatic heterocycles. The Kier molecular flexibility index (Phi) is 8.83. The Morgan fingerprint density at radius 2 is 1.53 bits per heavy atom. The molecule has 32 heavy (non-hydrogen) atoms. The summed E-state index contributed by atoms with van der Waals surface area (Å²) in [7, 11) is -3.72. The van der Waals surface area contributed by atoms with Crippen LogP contribution in [0.15, 0.2) is 48.5 Å². The van der Waals surface area contributed by atoms with Crippen LogP contribution in [0, 0.1) is 6.92 Å². The van der Waals surface area contributed by atoms with Crippen molar-refractivity contribution in [2.24, 2.45) is 0 Å². The fourth-order valence-electron chi connectivity index (χ4n) is 3.31. The van der Waals surface area contributed by atoms with Crippen LogP contribution >= 0.6 is 0 Å². The summed E-state index contributed by atoms with van der Waals surface area (Å²) in [6.07, 6.45) is 1.90. The predicted molar refractivity (Wildman–Crippen MR) is 128 cm³/mol. The molecule has 0 aliphatic heterocycles. The molecule has 2 aromatic carbocycles. The molecule has 7 nitrogen and oxygen atoms in total. The molecule has 0 fully saturated rings. The highest BCUT2D eigenvalue weighted by Crippen LogP contribution is 2.20. The van der Waals surface area contributed by atoms with Gasteiger partial charge in [-0.25, -0.2) is 8.42 Å². The first-order valence-corrected chi connectivity index (χ1v) is 12.6. The number of carbonyl (C=O) groups excluding carboxylic acids is 2. The summed E-state index contributed by atoms with van der Waals surface area (Å²) in [5, 5.41) is 2.74. The molecule has 0 saturated carbocycles. The molecule has 2 amide bonds. The molecule has 1 atom stereocenters. The zero-order valence-corrected chi connectivity index (χ0v) is 20.3. The summed E-state index contributed by atoms with van der Waals surface area (Å²) >= 11 is 0. The van der Waals surface area contributed by atoms with Crippen molar-refractivity contribution >= 4 is 27.5 Å². The van der Waals surface area contributed by atoms with Crippen LogP contribution in [0.4, 0.5) is 5.69 Å². The van der Waals surface area contributed by atoms with Crippen LogP contribution in [0.25, 0.3) is 0 Å². The van der Waals surface area contributed by atoms with Crippen molar-refractivity contribution in [1.82, 2.24) is 10.2 Å². The Morgan fingerprint density at radius 3 is 2.03 bits per heavy atom. The van der Waals surface area contributed by atoms with Gasteiger partial charge in [-0.15, -0.1) is 0 Å². The Labute approximate surface area is 191 Å². The van der Waals surface area contributed by atoms with Crippen LogP contribution in [0.5, 0.6) is 0 Å². The van der Waals surface area contributed by atoms with Crippen molar-refractivity contribution in [3.05, 3.63) is 65.2 Å². The highest BCUT2D eigenvalue weighted by molar-refractivity contribution is 7.92. The number of hydrogen-bond donors (Lipinski definition) is 1. The van der Waals surface area contributed by atoms with E-state index in [9.17, 15) is 18.0 Å². The summed E-state index contributed by atoms with van der Waals surface area (Å²) in [5.74, 6) is -0.736. The van der Waals surface area contributed by atoms with Gasteiger partial charge in [0.25, 0.3) is 0 Å². The maximum atomic E-state index is 13.4. The van der Waals surface area contributed by atoms with E-state index in [4.69, 9.17) is 0 Å². The average molecular weight is 460 g/mol. The van der Waals surface area contributed by atoms with Crippen LogP contribution in [0.3, 0.4) is 0 Å². The second-order valence-electron chi connectivity index (χ2n) is 7.87. The number of carbonyl (C=O) groups is 2. The summed E-state index contributed by atoms with van der Waals surface area (Å²) in [4.78, 5) is 27.3. The van der Waals surface area contributed by atoms with Crippen LogP contribution in [-0.4, -0.2) is 50.5 Å². The zero-order chi connectivity index (χ0) is 23.9. The minimum atomic E-state index is -3.72. The van der Waals surface area contributed by atoms with E-state index in [2.05, 4.69) is 5.32 Å². The molecule has 1 unspecified atom stereocenters. The molecule has 0 radical (unpaired) electrons. The van der Waals surface area contributed by atoms with E-state index < -0.39 is 22.0 Å². The van der Waals surface area contributed by atoms with Crippen molar-refractivity contribution in [3.8, 4) is 0 Å².